The van der Waals surface area contributed by atoms with Gasteiger partial charge < -0.3 is 10.2 Å². The van der Waals surface area contributed by atoms with Crippen molar-refractivity contribution in [2.75, 3.05) is 32.5 Å². The Balaban J connectivity index is 2.35. The Bertz CT molecular complexity index is 336. The highest BCUT2D eigenvalue weighted by Crippen LogP contribution is 2.15. The van der Waals surface area contributed by atoms with Gasteiger partial charge in [0, 0.05) is 24.4 Å². The summed E-state index contributed by atoms with van der Waals surface area (Å²) in [6.07, 6.45) is 1.05. The first-order chi connectivity index (χ1) is 7.59. The molecule has 0 heterocycles. The normalized spacial score (nSPS) is 10.4. The number of nitro groups is 1. The SMILES string of the molecule is CN(C)CCCNc1ccc([N+](=O)[O-])cc1. The molecule has 1 aromatic carbocycles. The summed E-state index contributed by atoms with van der Waals surface area (Å²) in [5.74, 6) is 0. The van der Waals surface area contributed by atoms with Gasteiger partial charge in [-0.15, -0.1) is 0 Å². The van der Waals surface area contributed by atoms with Gasteiger partial charge in [-0.3, -0.25) is 10.1 Å². The smallest absolute Gasteiger partial charge is 0.269 e. The summed E-state index contributed by atoms with van der Waals surface area (Å²) in [4.78, 5) is 12.2. The molecule has 5 heteroatoms. The molecular formula is C11H17N3O2. The van der Waals surface area contributed by atoms with Crippen LogP contribution in [0.5, 0.6) is 0 Å². The molecule has 0 bridgehead atoms. The number of nitrogens with one attached hydrogen (secondary N) is 1. The van der Waals surface area contributed by atoms with E-state index in [1.165, 1.54) is 12.1 Å². The molecule has 0 atom stereocenters. The third kappa shape index (κ3) is 4.27. The third-order valence-corrected chi connectivity index (χ3v) is 2.19. The molecular weight excluding hydrogens is 206 g/mol. The molecule has 16 heavy (non-hydrogen) atoms. The van der Waals surface area contributed by atoms with Crippen LogP contribution < -0.4 is 5.32 Å². The van der Waals surface area contributed by atoms with Crippen molar-refractivity contribution in [2.45, 2.75) is 6.42 Å². The molecule has 0 saturated carbocycles. The molecule has 0 unspecified atom stereocenters. The van der Waals surface area contributed by atoms with Crippen molar-refractivity contribution in [3.63, 3.8) is 0 Å². The maximum Gasteiger partial charge on any atom is 0.269 e. The summed E-state index contributed by atoms with van der Waals surface area (Å²) in [7, 11) is 4.07. The fourth-order valence-electron chi connectivity index (χ4n) is 1.33. The van der Waals surface area contributed by atoms with Crippen LogP contribution in [0.2, 0.25) is 0 Å². The van der Waals surface area contributed by atoms with Gasteiger partial charge in [-0.1, -0.05) is 0 Å². The number of rotatable bonds is 6. The first-order valence-electron chi connectivity index (χ1n) is 5.22. The Morgan fingerprint density at radius 2 is 1.94 bits per heavy atom. The standard InChI is InChI=1S/C11H17N3O2/c1-13(2)9-3-8-12-10-4-6-11(7-5-10)14(15)16/h4-7,12H,3,8-9H2,1-2H3. The van der Waals surface area contributed by atoms with Gasteiger partial charge in [-0.25, -0.2) is 0 Å². The molecule has 88 valence electrons. The fraction of sp³-hybridized carbons (Fsp3) is 0.455. The van der Waals surface area contributed by atoms with Crippen LogP contribution in [0.15, 0.2) is 24.3 Å². The van der Waals surface area contributed by atoms with E-state index in [0.29, 0.717) is 0 Å². The number of nitro benzene ring substituents is 1. The monoisotopic (exact) mass is 223 g/mol. The number of non-ortho nitro benzene ring substituents is 1. The minimum atomic E-state index is -0.393. The average Bonchev–Trinajstić information content (AvgIpc) is 2.25. The molecule has 0 radical (unpaired) electrons. The topological polar surface area (TPSA) is 58.4 Å². The lowest BCUT2D eigenvalue weighted by molar-refractivity contribution is -0.384. The average molecular weight is 223 g/mol. The molecule has 0 spiro atoms. The second-order valence-corrected chi connectivity index (χ2v) is 3.89. The quantitative estimate of drug-likeness (QED) is 0.455. The number of anilines is 1. The molecule has 0 saturated heterocycles. The second kappa shape index (κ2) is 6.07. The van der Waals surface area contributed by atoms with Crippen LogP contribution in [-0.4, -0.2) is 37.0 Å². The lowest BCUT2D eigenvalue weighted by Crippen LogP contribution is -2.16. The molecule has 0 fully saturated rings. The molecule has 0 aliphatic rings. The fourth-order valence-corrected chi connectivity index (χ4v) is 1.33. The lowest BCUT2D eigenvalue weighted by atomic mass is 10.3. The van der Waals surface area contributed by atoms with Gasteiger partial charge in [0.15, 0.2) is 0 Å². The van der Waals surface area contributed by atoms with Crippen molar-refractivity contribution in [1.82, 2.24) is 4.90 Å². The number of nitrogens with zero attached hydrogens (tertiary/aromatic N) is 2. The van der Waals surface area contributed by atoms with Crippen molar-refractivity contribution in [2.24, 2.45) is 0 Å². The van der Waals surface area contributed by atoms with Gasteiger partial charge in [0.1, 0.15) is 0 Å². The number of hydrogen-bond acceptors (Lipinski definition) is 4. The van der Waals surface area contributed by atoms with Crippen molar-refractivity contribution in [3.05, 3.63) is 34.4 Å². The van der Waals surface area contributed by atoms with Crippen molar-refractivity contribution < 1.29 is 4.92 Å². The first-order valence-corrected chi connectivity index (χ1v) is 5.22. The summed E-state index contributed by atoms with van der Waals surface area (Å²) in [5.41, 5.74) is 1.04. The third-order valence-electron chi connectivity index (χ3n) is 2.19. The Labute approximate surface area is 95.2 Å². The van der Waals surface area contributed by atoms with Crippen molar-refractivity contribution >= 4 is 11.4 Å². The largest absolute Gasteiger partial charge is 0.385 e. The van der Waals surface area contributed by atoms with E-state index in [1.54, 1.807) is 12.1 Å². The maximum atomic E-state index is 10.4. The van der Waals surface area contributed by atoms with Crippen LogP contribution in [0.3, 0.4) is 0 Å². The van der Waals surface area contributed by atoms with Gasteiger partial charge in [0.25, 0.3) is 5.69 Å². The van der Waals surface area contributed by atoms with Gasteiger partial charge in [-0.05, 0) is 39.2 Å². The molecule has 1 N–H and O–H groups in total. The lowest BCUT2D eigenvalue weighted by Gasteiger charge is -2.10. The highest BCUT2D eigenvalue weighted by atomic mass is 16.6. The summed E-state index contributed by atoms with van der Waals surface area (Å²) in [6.45, 7) is 1.90. The summed E-state index contributed by atoms with van der Waals surface area (Å²) < 4.78 is 0. The van der Waals surface area contributed by atoms with Gasteiger partial charge in [0.2, 0.25) is 0 Å². The van der Waals surface area contributed by atoms with Gasteiger partial charge >= 0.3 is 0 Å². The molecule has 0 amide bonds. The van der Waals surface area contributed by atoms with Crippen LogP contribution in [0.1, 0.15) is 6.42 Å². The Kier molecular flexibility index (Phi) is 4.72. The van der Waals surface area contributed by atoms with E-state index in [9.17, 15) is 10.1 Å². The van der Waals surface area contributed by atoms with E-state index in [1.807, 2.05) is 14.1 Å². The molecule has 0 aliphatic heterocycles. The molecule has 1 rings (SSSR count). The summed E-state index contributed by atoms with van der Waals surface area (Å²) >= 11 is 0. The summed E-state index contributed by atoms with van der Waals surface area (Å²) in [5, 5.41) is 13.6. The minimum absolute atomic E-state index is 0.124. The molecule has 5 nitrogen and oxygen atoms in total. The van der Waals surface area contributed by atoms with E-state index in [2.05, 4.69) is 10.2 Å². The van der Waals surface area contributed by atoms with Gasteiger partial charge in [0.05, 0.1) is 4.92 Å². The van der Waals surface area contributed by atoms with Crippen LogP contribution >= 0.6 is 0 Å². The van der Waals surface area contributed by atoms with Crippen molar-refractivity contribution in [1.29, 1.82) is 0 Å². The Hall–Kier alpha value is -1.62. The van der Waals surface area contributed by atoms with E-state index >= 15 is 0 Å². The Morgan fingerprint density at radius 3 is 2.44 bits per heavy atom. The molecule has 0 aromatic heterocycles. The highest BCUT2D eigenvalue weighted by molar-refractivity contribution is 5.48. The number of benzene rings is 1. The summed E-state index contributed by atoms with van der Waals surface area (Å²) in [6, 6.07) is 6.48. The zero-order valence-electron chi connectivity index (χ0n) is 9.64. The van der Waals surface area contributed by atoms with E-state index < -0.39 is 4.92 Å². The number of hydrogen-bond donors (Lipinski definition) is 1. The highest BCUT2D eigenvalue weighted by Gasteiger charge is 2.02. The predicted molar refractivity (Wildman–Crippen MR) is 64.8 cm³/mol. The van der Waals surface area contributed by atoms with Crippen LogP contribution in [-0.2, 0) is 0 Å². The predicted octanol–water partition coefficient (Wildman–Crippen LogP) is 1.96. The van der Waals surface area contributed by atoms with E-state index in [-0.39, 0.29) is 5.69 Å². The zero-order valence-corrected chi connectivity index (χ0v) is 9.64. The van der Waals surface area contributed by atoms with Crippen LogP contribution in [0.4, 0.5) is 11.4 Å². The first kappa shape index (κ1) is 12.4. The maximum absolute atomic E-state index is 10.4. The van der Waals surface area contributed by atoms with E-state index in [0.717, 1.165) is 25.2 Å². The van der Waals surface area contributed by atoms with E-state index in [4.69, 9.17) is 0 Å². The van der Waals surface area contributed by atoms with Crippen LogP contribution in [0, 0.1) is 10.1 Å². The Morgan fingerprint density at radius 1 is 1.31 bits per heavy atom. The van der Waals surface area contributed by atoms with Crippen LogP contribution in [0.25, 0.3) is 0 Å². The second-order valence-electron chi connectivity index (χ2n) is 3.89. The molecule has 0 aliphatic carbocycles. The molecule has 1 aromatic rings. The van der Waals surface area contributed by atoms with Crippen molar-refractivity contribution in [3.8, 4) is 0 Å². The minimum Gasteiger partial charge on any atom is -0.385 e. The zero-order chi connectivity index (χ0) is 12.0. The van der Waals surface area contributed by atoms with Gasteiger partial charge in [-0.2, -0.15) is 0 Å².